The molecule has 1 aromatic carbocycles. The van der Waals surface area contributed by atoms with Gasteiger partial charge in [-0.05, 0) is 31.0 Å². The molecular formula is C16H20N4O2. The van der Waals surface area contributed by atoms with Crippen molar-refractivity contribution in [2.75, 3.05) is 25.6 Å². The number of aryl methyl sites for hydroxylation is 2. The first kappa shape index (κ1) is 15.9. The van der Waals surface area contributed by atoms with Crippen LogP contribution in [0.15, 0.2) is 30.6 Å². The van der Waals surface area contributed by atoms with E-state index in [9.17, 15) is 4.79 Å². The van der Waals surface area contributed by atoms with E-state index in [1.54, 1.807) is 13.3 Å². The van der Waals surface area contributed by atoms with Crippen molar-refractivity contribution in [2.24, 2.45) is 0 Å². The lowest BCUT2D eigenvalue weighted by molar-refractivity contribution is 0.0932. The van der Waals surface area contributed by atoms with Gasteiger partial charge in [0.05, 0.1) is 19.0 Å². The predicted molar refractivity (Wildman–Crippen MR) is 85.4 cm³/mol. The van der Waals surface area contributed by atoms with Crippen molar-refractivity contribution in [3.8, 4) is 0 Å². The summed E-state index contributed by atoms with van der Waals surface area (Å²) in [5.74, 6) is 0.338. The van der Waals surface area contributed by atoms with E-state index in [0.29, 0.717) is 19.0 Å². The van der Waals surface area contributed by atoms with Gasteiger partial charge in [-0.2, -0.15) is 0 Å². The molecule has 2 rings (SSSR count). The van der Waals surface area contributed by atoms with Gasteiger partial charge in [0.1, 0.15) is 11.5 Å². The molecule has 0 atom stereocenters. The van der Waals surface area contributed by atoms with Crippen LogP contribution < -0.4 is 10.6 Å². The Labute approximate surface area is 129 Å². The Kier molecular flexibility index (Phi) is 5.43. The van der Waals surface area contributed by atoms with Gasteiger partial charge in [0.15, 0.2) is 0 Å². The third-order valence-corrected chi connectivity index (χ3v) is 3.13. The highest BCUT2D eigenvalue weighted by Gasteiger charge is 2.08. The highest BCUT2D eigenvalue weighted by Crippen LogP contribution is 2.20. The van der Waals surface area contributed by atoms with Crippen molar-refractivity contribution >= 4 is 17.4 Å². The van der Waals surface area contributed by atoms with Crippen molar-refractivity contribution in [1.29, 1.82) is 0 Å². The molecule has 1 heterocycles. The number of methoxy groups -OCH3 is 1. The molecule has 116 valence electrons. The number of rotatable bonds is 6. The van der Waals surface area contributed by atoms with E-state index >= 15 is 0 Å². The third kappa shape index (κ3) is 4.26. The molecule has 0 radical (unpaired) electrons. The lowest BCUT2D eigenvalue weighted by atomic mass is 10.1. The molecule has 0 bridgehead atoms. The lowest BCUT2D eigenvalue weighted by Gasteiger charge is -2.10. The number of carbonyl (C=O) groups is 1. The number of nitrogens with zero attached hydrogens (tertiary/aromatic N) is 2. The van der Waals surface area contributed by atoms with E-state index in [2.05, 4.69) is 26.7 Å². The highest BCUT2D eigenvalue weighted by atomic mass is 16.5. The van der Waals surface area contributed by atoms with Gasteiger partial charge >= 0.3 is 0 Å². The zero-order valence-corrected chi connectivity index (χ0v) is 13.0. The molecule has 0 aliphatic carbocycles. The van der Waals surface area contributed by atoms with Crippen molar-refractivity contribution < 1.29 is 9.53 Å². The van der Waals surface area contributed by atoms with Crippen LogP contribution >= 0.6 is 0 Å². The summed E-state index contributed by atoms with van der Waals surface area (Å²) >= 11 is 0. The molecule has 0 spiro atoms. The Morgan fingerprint density at radius 1 is 1.23 bits per heavy atom. The zero-order valence-electron chi connectivity index (χ0n) is 13.0. The number of anilines is 2. The molecule has 0 saturated heterocycles. The molecule has 1 aromatic heterocycles. The molecule has 0 unspecified atom stereocenters. The van der Waals surface area contributed by atoms with Crippen LogP contribution in [-0.4, -0.2) is 36.1 Å². The fourth-order valence-corrected chi connectivity index (χ4v) is 1.88. The number of amides is 1. The number of hydrogen-bond donors (Lipinski definition) is 2. The molecule has 0 saturated carbocycles. The van der Waals surface area contributed by atoms with Crippen LogP contribution in [-0.2, 0) is 4.74 Å². The molecule has 0 fully saturated rings. The Hall–Kier alpha value is -2.47. The van der Waals surface area contributed by atoms with Crippen molar-refractivity contribution in [3.63, 3.8) is 0 Å². The summed E-state index contributed by atoms with van der Waals surface area (Å²) in [5.41, 5.74) is 3.54. The summed E-state index contributed by atoms with van der Waals surface area (Å²) in [7, 11) is 1.58. The smallest absolute Gasteiger partial charge is 0.271 e. The fourth-order valence-electron chi connectivity index (χ4n) is 1.88. The predicted octanol–water partition coefficient (Wildman–Crippen LogP) is 2.21. The van der Waals surface area contributed by atoms with E-state index in [1.807, 2.05) is 26.0 Å². The Morgan fingerprint density at radius 3 is 2.73 bits per heavy atom. The Bertz CT molecular complexity index is 641. The molecule has 0 aliphatic heterocycles. The maximum atomic E-state index is 11.8. The number of ether oxygens (including phenoxy) is 1. The summed E-state index contributed by atoms with van der Waals surface area (Å²) in [5, 5.41) is 5.90. The van der Waals surface area contributed by atoms with Gasteiger partial charge in [0.2, 0.25) is 0 Å². The second kappa shape index (κ2) is 7.51. The van der Waals surface area contributed by atoms with E-state index < -0.39 is 0 Å². The topological polar surface area (TPSA) is 76.1 Å². The van der Waals surface area contributed by atoms with E-state index in [4.69, 9.17) is 4.74 Å². The average Bonchev–Trinajstić information content (AvgIpc) is 2.52. The summed E-state index contributed by atoms with van der Waals surface area (Å²) in [6.45, 7) is 4.96. The molecule has 22 heavy (non-hydrogen) atoms. The number of nitrogens with one attached hydrogen (secondary N) is 2. The van der Waals surface area contributed by atoms with Crippen LogP contribution in [0, 0.1) is 13.8 Å². The van der Waals surface area contributed by atoms with Gasteiger partial charge in [-0.15, -0.1) is 0 Å². The molecular weight excluding hydrogens is 280 g/mol. The van der Waals surface area contributed by atoms with Gasteiger partial charge in [0.25, 0.3) is 5.91 Å². The zero-order chi connectivity index (χ0) is 15.9. The van der Waals surface area contributed by atoms with Crippen LogP contribution in [0.25, 0.3) is 0 Å². The summed E-state index contributed by atoms with van der Waals surface area (Å²) < 4.78 is 4.87. The molecule has 1 amide bonds. The van der Waals surface area contributed by atoms with E-state index in [1.165, 1.54) is 6.20 Å². The van der Waals surface area contributed by atoms with E-state index in [0.717, 1.165) is 16.8 Å². The Balaban J connectivity index is 2.02. The SMILES string of the molecule is COCCNC(=O)c1cnc(Nc2cc(C)ccc2C)cn1. The first-order valence-electron chi connectivity index (χ1n) is 7.03. The second-order valence-corrected chi connectivity index (χ2v) is 4.98. The summed E-state index contributed by atoms with van der Waals surface area (Å²) in [4.78, 5) is 20.2. The normalized spacial score (nSPS) is 10.3. The first-order chi connectivity index (χ1) is 10.6. The van der Waals surface area contributed by atoms with E-state index in [-0.39, 0.29) is 11.6 Å². The van der Waals surface area contributed by atoms with Crippen LogP contribution in [0.4, 0.5) is 11.5 Å². The Morgan fingerprint density at radius 2 is 2.05 bits per heavy atom. The molecule has 2 N–H and O–H groups in total. The van der Waals surface area contributed by atoms with Crippen molar-refractivity contribution in [2.45, 2.75) is 13.8 Å². The molecule has 0 aliphatic rings. The number of hydrogen-bond acceptors (Lipinski definition) is 5. The van der Waals surface area contributed by atoms with Gasteiger partial charge < -0.3 is 15.4 Å². The second-order valence-electron chi connectivity index (χ2n) is 4.98. The maximum Gasteiger partial charge on any atom is 0.271 e. The number of carbonyl (C=O) groups excluding carboxylic acids is 1. The standard InChI is InChI=1S/C16H20N4O2/c1-11-4-5-12(2)13(8-11)20-15-10-18-14(9-19-15)16(21)17-6-7-22-3/h4-5,8-10H,6-7H2,1-3H3,(H,17,21)(H,19,20). The van der Waals surface area contributed by atoms with Gasteiger partial charge in [-0.3, -0.25) is 4.79 Å². The van der Waals surface area contributed by atoms with Crippen LogP contribution in [0.2, 0.25) is 0 Å². The van der Waals surface area contributed by atoms with Gasteiger partial charge in [-0.25, -0.2) is 9.97 Å². The van der Waals surface area contributed by atoms with Crippen molar-refractivity contribution in [1.82, 2.24) is 15.3 Å². The average molecular weight is 300 g/mol. The van der Waals surface area contributed by atoms with Crippen LogP contribution in [0.5, 0.6) is 0 Å². The minimum absolute atomic E-state index is 0.261. The van der Waals surface area contributed by atoms with Crippen molar-refractivity contribution in [3.05, 3.63) is 47.4 Å². The summed E-state index contributed by atoms with van der Waals surface area (Å²) in [6, 6.07) is 6.14. The third-order valence-electron chi connectivity index (χ3n) is 3.13. The number of aromatic nitrogens is 2. The minimum Gasteiger partial charge on any atom is -0.383 e. The van der Waals surface area contributed by atoms with Gasteiger partial charge in [-0.1, -0.05) is 12.1 Å². The van der Waals surface area contributed by atoms with Crippen LogP contribution in [0.3, 0.4) is 0 Å². The lowest BCUT2D eigenvalue weighted by Crippen LogP contribution is -2.27. The maximum absolute atomic E-state index is 11.8. The summed E-state index contributed by atoms with van der Waals surface area (Å²) in [6.07, 6.45) is 3.00. The fraction of sp³-hybridized carbons (Fsp3) is 0.312. The number of benzene rings is 1. The van der Waals surface area contributed by atoms with Crippen LogP contribution in [0.1, 0.15) is 21.6 Å². The quantitative estimate of drug-likeness (QED) is 0.800. The molecule has 6 nitrogen and oxygen atoms in total. The first-order valence-corrected chi connectivity index (χ1v) is 7.03. The molecule has 2 aromatic rings. The molecule has 6 heteroatoms. The monoisotopic (exact) mass is 300 g/mol. The largest absolute Gasteiger partial charge is 0.383 e. The van der Waals surface area contributed by atoms with Gasteiger partial charge in [0, 0.05) is 19.3 Å². The highest BCUT2D eigenvalue weighted by molar-refractivity contribution is 5.92. The minimum atomic E-state index is -0.261.